The van der Waals surface area contributed by atoms with E-state index in [0.29, 0.717) is 17.5 Å². The van der Waals surface area contributed by atoms with Gasteiger partial charge in [0.25, 0.3) is 0 Å². The van der Waals surface area contributed by atoms with Gasteiger partial charge in [-0.2, -0.15) is 0 Å². The molecule has 0 aliphatic rings. The predicted octanol–water partition coefficient (Wildman–Crippen LogP) is 5.26. The molecule has 0 aromatic heterocycles. The van der Waals surface area contributed by atoms with Gasteiger partial charge in [0.1, 0.15) is 5.78 Å². The minimum atomic E-state index is 0.399. The van der Waals surface area contributed by atoms with Crippen molar-refractivity contribution in [1.29, 1.82) is 0 Å². The van der Waals surface area contributed by atoms with Crippen molar-refractivity contribution in [2.45, 2.75) is 57.8 Å². The highest BCUT2D eigenvalue weighted by Gasteiger charge is 2.12. The number of Topliss-reactive ketones (excluding diaryl/α,β-unsaturated/α-hetero) is 1. The molecule has 0 aliphatic carbocycles. The first-order valence-corrected chi connectivity index (χ1v) is 8.36. The van der Waals surface area contributed by atoms with E-state index >= 15 is 0 Å². The Morgan fingerprint density at radius 1 is 1.26 bits per heavy atom. The number of carbonyl (C=O) groups is 1. The van der Waals surface area contributed by atoms with E-state index in [9.17, 15) is 4.79 Å². The van der Waals surface area contributed by atoms with E-state index in [2.05, 4.69) is 32.9 Å². The summed E-state index contributed by atoms with van der Waals surface area (Å²) in [6.45, 7) is 6.51. The van der Waals surface area contributed by atoms with Crippen molar-refractivity contribution in [3.05, 3.63) is 29.8 Å². The molecule has 0 heterocycles. The van der Waals surface area contributed by atoms with Crippen LogP contribution in [0.2, 0.25) is 0 Å². The molecule has 19 heavy (non-hydrogen) atoms. The van der Waals surface area contributed by atoms with Gasteiger partial charge in [0.2, 0.25) is 0 Å². The standard InChI is InChI=1S/C17H26OS/c1-4-6-10-15(5-2)12-16(18)13-19-17-11-8-7-9-14(17)3/h7-9,11,15H,4-6,10,12-13H2,1-3H3. The minimum Gasteiger partial charge on any atom is -0.299 e. The Morgan fingerprint density at radius 2 is 2.00 bits per heavy atom. The Labute approximate surface area is 122 Å². The summed E-state index contributed by atoms with van der Waals surface area (Å²) in [5.74, 6) is 1.61. The monoisotopic (exact) mass is 278 g/mol. The molecule has 1 atom stereocenters. The molecule has 2 heteroatoms. The third-order valence-corrected chi connectivity index (χ3v) is 4.78. The summed E-state index contributed by atoms with van der Waals surface area (Å²) in [6, 6.07) is 8.28. The lowest BCUT2D eigenvalue weighted by atomic mass is 9.94. The summed E-state index contributed by atoms with van der Waals surface area (Å²) in [4.78, 5) is 13.3. The Kier molecular flexibility index (Phi) is 7.88. The molecule has 0 N–H and O–H groups in total. The summed E-state index contributed by atoms with van der Waals surface area (Å²) >= 11 is 1.68. The molecular formula is C17H26OS. The van der Waals surface area contributed by atoms with Gasteiger partial charge in [0.05, 0.1) is 5.75 Å². The molecule has 0 aliphatic heterocycles. The second-order valence-electron chi connectivity index (χ2n) is 5.21. The van der Waals surface area contributed by atoms with E-state index in [-0.39, 0.29) is 0 Å². The molecular weight excluding hydrogens is 252 g/mol. The van der Waals surface area contributed by atoms with Gasteiger partial charge in [0, 0.05) is 11.3 Å². The summed E-state index contributed by atoms with van der Waals surface area (Å²) in [6.07, 6.45) is 5.56. The average Bonchev–Trinajstić information content (AvgIpc) is 2.42. The number of aryl methyl sites for hydroxylation is 1. The molecule has 0 bridgehead atoms. The number of unbranched alkanes of at least 4 members (excludes halogenated alkanes) is 1. The lowest BCUT2D eigenvalue weighted by Gasteiger charge is -2.13. The van der Waals surface area contributed by atoms with Gasteiger partial charge in [-0.3, -0.25) is 4.79 Å². The molecule has 0 saturated carbocycles. The second kappa shape index (κ2) is 9.19. The zero-order chi connectivity index (χ0) is 14.1. The molecule has 1 unspecified atom stereocenters. The molecule has 106 valence electrons. The number of benzene rings is 1. The Hall–Kier alpha value is -0.760. The van der Waals surface area contributed by atoms with E-state index in [0.717, 1.165) is 12.8 Å². The van der Waals surface area contributed by atoms with Crippen LogP contribution in [-0.2, 0) is 4.79 Å². The van der Waals surface area contributed by atoms with Crippen LogP contribution in [0, 0.1) is 12.8 Å². The van der Waals surface area contributed by atoms with E-state index < -0.39 is 0 Å². The maximum absolute atomic E-state index is 12.0. The smallest absolute Gasteiger partial charge is 0.143 e. The van der Waals surface area contributed by atoms with Gasteiger partial charge in [-0.1, -0.05) is 57.7 Å². The molecule has 0 radical (unpaired) electrons. The van der Waals surface area contributed by atoms with E-state index in [1.54, 1.807) is 11.8 Å². The first kappa shape index (κ1) is 16.3. The van der Waals surface area contributed by atoms with Crippen LogP contribution in [0.4, 0.5) is 0 Å². The third kappa shape index (κ3) is 6.29. The van der Waals surface area contributed by atoms with Crippen molar-refractivity contribution in [3.63, 3.8) is 0 Å². The number of rotatable bonds is 9. The SMILES string of the molecule is CCCCC(CC)CC(=O)CSc1ccccc1C. The van der Waals surface area contributed by atoms with Crippen molar-refractivity contribution in [3.8, 4) is 0 Å². The molecule has 1 nitrogen and oxygen atoms in total. The number of ketones is 1. The molecule has 0 fully saturated rings. The summed E-state index contributed by atoms with van der Waals surface area (Å²) in [5, 5.41) is 0. The fourth-order valence-electron chi connectivity index (χ4n) is 2.20. The molecule has 0 amide bonds. The highest BCUT2D eigenvalue weighted by molar-refractivity contribution is 8.00. The normalized spacial score (nSPS) is 12.4. The van der Waals surface area contributed by atoms with Crippen molar-refractivity contribution >= 4 is 17.5 Å². The first-order valence-electron chi connectivity index (χ1n) is 7.37. The van der Waals surface area contributed by atoms with Crippen molar-refractivity contribution in [2.75, 3.05) is 5.75 Å². The lowest BCUT2D eigenvalue weighted by Crippen LogP contribution is -2.10. The molecule has 0 saturated heterocycles. The van der Waals surface area contributed by atoms with Crippen LogP contribution in [0.1, 0.15) is 51.5 Å². The van der Waals surface area contributed by atoms with Crippen LogP contribution in [0.5, 0.6) is 0 Å². The van der Waals surface area contributed by atoms with Gasteiger partial charge in [0.15, 0.2) is 0 Å². The van der Waals surface area contributed by atoms with Crippen LogP contribution in [-0.4, -0.2) is 11.5 Å². The van der Waals surface area contributed by atoms with Crippen LogP contribution in [0.3, 0.4) is 0 Å². The van der Waals surface area contributed by atoms with E-state index in [1.165, 1.54) is 29.7 Å². The fraction of sp³-hybridized carbons (Fsp3) is 0.588. The Balaban J connectivity index is 2.36. The zero-order valence-corrected chi connectivity index (χ0v) is 13.3. The second-order valence-corrected chi connectivity index (χ2v) is 6.23. The van der Waals surface area contributed by atoms with Gasteiger partial charge in [-0.15, -0.1) is 11.8 Å². The summed E-state index contributed by atoms with van der Waals surface area (Å²) in [5.41, 5.74) is 1.26. The largest absolute Gasteiger partial charge is 0.299 e. The third-order valence-electron chi connectivity index (χ3n) is 3.54. The van der Waals surface area contributed by atoms with Gasteiger partial charge in [-0.25, -0.2) is 0 Å². The number of hydrogen-bond donors (Lipinski definition) is 0. The van der Waals surface area contributed by atoms with Crippen LogP contribution in [0.25, 0.3) is 0 Å². The highest BCUT2D eigenvalue weighted by Crippen LogP contribution is 2.24. The quantitative estimate of drug-likeness (QED) is 0.573. The molecule has 0 spiro atoms. The Morgan fingerprint density at radius 3 is 2.63 bits per heavy atom. The number of hydrogen-bond acceptors (Lipinski definition) is 2. The summed E-state index contributed by atoms with van der Waals surface area (Å²) in [7, 11) is 0. The number of carbonyl (C=O) groups excluding carboxylic acids is 1. The molecule has 1 rings (SSSR count). The predicted molar refractivity (Wildman–Crippen MR) is 84.8 cm³/mol. The summed E-state index contributed by atoms with van der Waals surface area (Å²) < 4.78 is 0. The maximum atomic E-state index is 12.0. The topological polar surface area (TPSA) is 17.1 Å². The van der Waals surface area contributed by atoms with Crippen molar-refractivity contribution in [2.24, 2.45) is 5.92 Å². The van der Waals surface area contributed by atoms with Crippen molar-refractivity contribution in [1.82, 2.24) is 0 Å². The Bertz CT molecular complexity index is 387. The van der Waals surface area contributed by atoms with Gasteiger partial charge in [-0.05, 0) is 24.5 Å². The van der Waals surface area contributed by atoms with Crippen molar-refractivity contribution < 1.29 is 4.79 Å². The first-order chi connectivity index (χ1) is 9.17. The maximum Gasteiger partial charge on any atom is 0.143 e. The van der Waals surface area contributed by atoms with Crippen LogP contribution >= 0.6 is 11.8 Å². The van der Waals surface area contributed by atoms with Gasteiger partial charge < -0.3 is 0 Å². The number of thioether (sulfide) groups is 1. The van der Waals surface area contributed by atoms with E-state index in [4.69, 9.17) is 0 Å². The van der Waals surface area contributed by atoms with Gasteiger partial charge >= 0.3 is 0 Å². The fourth-order valence-corrected chi connectivity index (χ4v) is 3.11. The van der Waals surface area contributed by atoms with E-state index in [1.807, 2.05) is 12.1 Å². The zero-order valence-electron chi connectivity index (χ0n) is 12.4. The molecule has 1 aromatic carbocycles. The molecule has 1 aromatic rings. The average molecular weight is 278 g/mol. The van der Waals surface area contributed by atoms with Crippen LogP contribution in [0.15, 0.2) is 29.2 Å². The lowest BCUT2D eigenvalue weighted by molar-refractivity contribution is -0.117. The highest BCUT2D eigenvalue weighted by atomic mass is 32.2. The van der Waals surface area contributed by atoms with Crippen LogP contribution < -0.4 is 0 Å². The minimum absolute atomic E-state index is 0.399.